The Balaban J connectivity index is 2.35. The molecule has 0 saturated heterocycles. The van der Waals surface area contributed by atoms with Gasteiger partial charge < -0.3 is 9.47 Å². The van der Waals surface area contributed by atoms with Crippen molar-refractivity contribution in [3.05, 3.63) is 35.9 Å². The van der Waals surface area contributed by atoms with Gasteiger partial charge in [-0.05, 0) is 31.2 Å². The molecule has 0 saturated carbocycles. The van der Waals surface area contributed by atoms with E-state index in [-0.39, 0.29) is 18.0 Å². The van der Waals surface area contributed by atoms with Crippen LogP contribution in [0.2, 0.25) is 0 Å². The van der Waals surface area contributed by atoms with E-state index in [4.69, 9.17) is 9.47 Å². The summed E-state index contributed by atoms with van der Waals surface area (Å²) in [5.74, 6) is -0.547. The van der Waals surface area contributed by atoms with Gasteiger partial charge in [-0.25, -0.2) is 0 Å². The van der Waals surface area contributed by atoms with Gasteiger partial charge in [0.15, 0.2) is 0 Å². The molecule has 4 nitrogen and oxygen atoms in total. The van der Waals surface area contributed by atoms with Crippen molar-refractivity contribution < 1.29 is 19.1 Å². The Kier molecular flexibility index (Phi) is 7.40. The van der Waals surface area contributed by atoms with Crippen molar-refractivity contribution in [2.75, 3.05) is 6.61 Å². The molecule has 0 aliphatic heterocycles. The molecule has 0 aromatic heterocycles. The van der Waals surface area contributed by atoms with Crippen LogP contribution in [0.5, 0.6) is 0 Å². The van der Waals surface area contributed by atoms with Crippen molar-refractivity contribution in [3.63, 3.8) is 0 Å². The number of benzene rings is 1. The molecule has 110 valence electrons. The van der Waals surface area contributed by atoms with E-state index in [1.54, 1.807) is 0 Å². The molecule has 1 rings (SSSR count). The van der Waals surface area contributed by atoms with Crippen LogP contribution in [0, 0.1) is 0 Å². The van der Waals surface area contributed by atoms with E-state index in [9.17, 15) is 9.59 Å². The number of hydrogen-bond donors (Lipinski definition) is 0. The van der Waals surface area contributed by atoms with Gasteiger partial charge in [0.05, 0.1) is 6.61 Å². The van der Waals surface area contributed by atoms with E-state index in [1.807, 2.05) is 18.2 Å². The van der Waals surface area contributed by atoms with E-state index < -0.39 is 0 Å². The molecule has 0 spiro atoms. The lowest BCUT2D eigenvalue weighted by molar-refractivity contribution is -0.148. The van der Waals surface area contributed by atoms with Gasteiger partial charge in [0, 0.05) is 13.8 Å². The lowest BCUT2D eigenvalue weighted by Crippen LogP contribution is -2.18. The van der Waals surface area contributed by atoms with Crippen LogP contribution in [-0.2, 0) is 25.5 Å². The highest BCUT2D eigenvalue weighted by atomic mass is 16.5. The van der Waals surface area contributed by atoms with E-state index in [0.717, 1.165) is 12.8 Å². The van der Waals surface area contributed by atoms with Gasteiger partial charge in [-0.1, -0.05) is 30.3 Å². The molecule has 0 radical (unpaired) electrons. The predicted molar refractivity (Wildman–Crippen MR) is 76.2 cm³/mol. The van der Waals surface area contributed by atoms with Crippen molar-refractivity contribution in [1.29, 1.82) is 0 Å². The summed E-state index contributed by atoms with van der Waals surface area (Å²) in [5, 5.41) is 0. The fourth-order valence-electron chi connectivity index (χ4n) is 2.00. The van der Waals surface area contributed by atoms with Crippen LogP contribution in [0.1, 0.15) is 38.7 Å². The molecule has 0 bridgehead atoms. The molecule has 1 aromatic rings. The van der Waals surface area contributed by atoms with E-state index in [2.05, 4.69) is 12.1 Å². The zero-order valence-electron chi connectivity index (χ0n) is 12.1. The largest absolute Gasteiger partial charge is 0.466 e. The van der Waals surface area contributed by atoms with Crippen LogP contribution in [0.25, 0.3) is 0 Å². The van der Waals surface area contributed by atoms with Crippen LogP contribution >= 0.6 is 0 Å². The van der Waals surface area contributed by atoms with Crippen LogP contribution in [0.15, 0.2) is 30.3 Å². The number of carbonyl (C=O) groups is 2. The fourth-order valence-corrected chi connectivity index (χ4v) is 2.00. The Morgan fingerprint density at radius 2 is 1.75 bits per heavy atom. The average molecular weight is 278 g/mol. The topological polar surface area (TPSA) is 52.6 Å². The van der Waals surface area contributed by atoms with Crippen molar-refractivity contribution in [2.24, 2.45) is 0 Å². The van der Waals surface area contributed by atoms with Gasteiger partial charge in [0.25, 0.3) is 0 Å². The molecule has 0 unspecified atom stereocenters. The maximum Gasteiger partial charge on any atom is 0.302 e. The third-order valence-corrected chi connectivity index (χ3v) is 2.91. The maximum absolute atomic E-state index is 11.1. The predicted octanol–water partition coefficient (Wildman–Crippen LogP) is 2.89. The smallest absolute Gasteiger partial charge is 0.302 e. The lowest BCUT2D eigenvalue weighted by atomic mass is 10.0. The quantitative estimate of drug-likeness (QED) is 0.542. The van der Waals surface area contributed by atoms with Crippen LogP contribution < -0.4 is 0 Å². The second-order valence-corrected chi connectivity index (χ2v) is 4.74. The lowest BCUT2D eigenvalue weighted by Gasteiger charge is -2.17. The average Bonchev–Trinajstić information content (AvgIpc) is 2.41. The van der Waals surface area contributed by atoms with Crippen molar-refractivity contribution >= 4 is 11.9 Å². The Hall–Kier alpha value is -1.84. The molecule has 0 aliphatic rings. The zero-order chi connectivity index (χ0) is 14.8. The maximum atomic E-state index is 11.1. The van der Waals surface area contributed by atoms with Gasteiger partial charge in [-0.3, -0.25) is 9.59 Å². The van der Waals surface area contributed by atoms with Gasteiger partial charge >= 0.3 is 11.9 Å². The van der Waals surface area contributed by atoms with Crippen LogP contribution in [0.3, 0.4) is 0 Å². The SMILES string of the molecule is CC(=O)OCCC[C@H](CCc1ccccc1)OC(C)=O. The third-order valence-electron chi connectivity index (χ3n) is 2.91. The number of ether oxygens (including phenoxy) is 2. The van der Waals surface area contributed by atoms with Crippen LogP contribution in [-0.4, -0.2) is 24.6 Å². The summed E-state index contributed by atoms with van der Waals surface area (Å²) in [4.78, 5) is 21.8. The van der Waals surface area contributed by atoms with Gasteiger partial charge in [-0.2, -0.15) is 0 Å². The van der Waals surface area contributed by atoms with Crippen molar-refractivity contribution in [2.45, 2.75) is 45.6 Å². The Bertz CT molecular complexity index is 414. The molecule has 0 amide bonds. The minimum atomic E-state index is -0.279. The molecule has 0 heterocycles. The number of carbonyl (C=O) groups excluding carboxylic acids is 2. The van der Waals surface area contributed by atoms with Gasteiger partial charge in [0.1, 0.15) is 6.10 Å². The first-order chi connectivity index (χ1) is 9.58. The first kappa shape index (κ1) is 16.2. The minimum absolute atomic E-state index is 0.122. The second-order valence-electron chi connectivity index (χ2n) is 4.74. The zero-order valence-corrected chi connectivity index (χ0v) is 12.1. The fraction of sp³-hybridized carbons (Fsp3) is 0.500. The molecule has 1 aromatic carbocycles. The standard InChI is InChI=1S/C16H22O4/c1-13(17)19-12-6-9-16(20-14(2)18)11-10-15-7-4-3-5-8-15/h3-5,7-8,16H,6,9-12H2,1-2H3/t16-/m1/s1. The molecular formula is C16H22O4. The highest BCUT2D eigenvalue weighted by molar-refractivity contribution is 5.66. The molecule has 0 fully saturated rings. The number of hydrogen-bond acceptors (Lipinski definition) is 4. The van der Waals surface area contributed by atoms with Crippen LogP contribution in [0.4, 0.5) is 0 Å². The Labute approximate surface area is 120 Å². The number of esters is 2. The Morgan fingerprint density at radius 1 is 1.05 bits per heavy atom. The third kappa shape index (κ3) is 7.56. The van der Waals surface area contributed by atoms with Crippen molar-refractivity contribution in [1.82, 2.24) is 0 Å². The van der Waals surface area contributed by atoms with Gasteiger partial charge in [-0.15, -0.1) is 0 Å². The summed E-state index contributed by atoms with van der Waals surface area (Å²) in [5.41, 5.74) is 1.23. The summed E-state index contributed by atoms with van der Waals surface area (Å²) in [6.07, 6.45) is 2.94. The normalized spacial score (nSPS) is 11.7. The summed E-state index contributed by atoms with van der Waals surface area (Å²) in [7, 11) is 0. The highest BCUT2D eigenvalue weighted by Crippen LogP contribution is 2.12. The summed E-state index contributed by atoms with van der Waals surface area (Å²) in [6.45, 7) is 3.18. The molecular weight excluding hydrogens is 256 g/mol. The van der Waals surface area contributed by atoms with E-state index >= 15 is 0 Å². The first-order valence-corrected chi connectivity index (χ1v) is 6.92. The number of rotatable bonds is 8. The second kappa shape index (κ2) is 9.13. The summed E-state index contributed by atoms with van der Waals surface area (Å²) < 4.78 is 10.2. The van der Waals surface area contributed by atoms with E-state index in [1.165, 1.54) is 19.4 Å². The number of aryl methyl sites for hydroxylation is 1. The molecule has 0 aliphatic carbocycles. The molecule has 4 heteroatoms. The highest BCUT2D eigenvalue weighted by Gasteiger charge is 2.12. The monoisotopic (exact) mass is 278 g/mol. The molecule has 0 N–H and O–H groups in total. The minimum Gasteiger partial charge on any atom is -0.466 e. The van der Waals surface area contributed by atoms with Gasteiger partial charge in [0.2, 0.25) is 0 Å². The first-order valence-electron chi connectivity index (χ1n) is 6.92. The van der Waals surface area contributed by atoms with Crippen molar-refractivity contribution in [3.8, 4) is 0 Å². The summed E-state index contributed by atoms with van der Waals surface area (Å²) in [6, 6.07) is 10.1. The van der Waals surface area contributed by atoms with E-state index in [0.29, 0.717) is 19.4 Å². The molecule has 20 heavy (non-hydrogen) atoms. The molecule has 1 atom stereocenters. The summed E-state index contributed by atoms with van der Waals surface area (Å²) >= 11 is 0. The Morgan fingerprint density at radius 3 is 2.35 bits per heavy atom.